The average Bonchev–Trinajstić information content (AvgIpc) is 2.95. The van der Waals surface area contributed by atoms with Gasteiger partial charge in [0, 0.05) is 34.5 Å². The van der Waals surface area contributed by atoms with Crippen molar-refractivity contribution < 1.29 is 13.2 Å². The van der Waals surface area contributed by atoms with E-state index in [-0.39, 0.29) is 11.9 Å². The van der Waals surface area contributed by atoms with Crippen LogP contribution in [-0.2, 0) is 9.84 Å². The van der Waals surface area contributed by atoms with Crippen LogP contribution in [0.1, 0.15) is 34.6 Å². The van der Waals surface area contributed by atoms with Gasteiger partial charge in [-0.05, 0) is 24.6 Å². The summed E-state index contributed by atoms with van der Waals surface area (Å²) in [6.07, 6.45) is 4.97. The van der Waals surface area contributed by atoms with Gasteiger partial charge in [-0.3, -0.25) is 9.78 Å². The van der Waals surface area contributed by atoms with Crippen molar-refractivity contribution >= 4 is 27.1 Å². The van der Waals surface area contributed by atoms with Gasteiger partial charge in [0.05, 0.1) is 10.9 Å². The summed E-state index contributed by atoms with van der Waals surface area (Å²) in [6, 6.07) is 4.70. The average molecular weight is 324 g/mol. The van der Waals surface area contributed by atoms with Crippen LogP contribution in [-0.4, -0.2) is 25.6 Å². The van der Waals surface area contributed by atoms with E-state index in [1.165, 1.54) is 17.6 Å². The Kier molecular flexibility index (Phi) is 4.74. The number of hydrogen-bond acceptors (Lipinski definition) is 5. The van der Waals surface area contributed by atoms with Crippen LogP contribution in [0.4, 0.5) is 0 Å². The lowest BCUT2D eigenvalue weighted by Gasteiger charge is -2.15. The van der Waals surface area contributed by atoms with E-state index >= 15 is 0 Å². The zero-order valence-corrected chi connectivity index (χ0v) is 13.4. The monoisotopic (exact) mass is 324 g/mol. The van der Waals surface area contributed by atoms with Crippen LogP contribution in [0.25, 0.3) is 0 Å². The van der Waals surface area contributed by atoms with Crippen LogP contribution in [0.15, 0.2) is 40.9 Å². The molecule has 1 N–H and O–H groups in total. The van der Waals surface area contributed by atoms with Crippen molar-refractivity contribution in [3.05, 3.63) is 46.4 Å². The number of nitrogens with zero attached hydrogens (tertiary/aromatic N) is 1. The highest BCUT2D eigenvalue weighted by atomic mass is 32.2. The van der Waals surface area contributed by atoms with Crippen molar-refractivity contribution in [3.63, 3.8) is 0 Å². The first kappa shape index (κ1) is 15.7. The maximum atomic E-state index is 12.1. The van der Waals surface area contributed by atoms with Crippen LogP contribution in [0.5, 0.6) is 0 Å². The van der Waals surface area contributed by atoms with Crippen molar-refractivity contribution in [2.45, 2.75) is 24.3 Å². The Morgan fingerprint density at radius 3 is 2.57 bits per heavy atom. The molecule has 0 aliphatic heterocycles. The molecule has 0 spiro atoms. The van der Waals surface area contributed by atoms with Crippen molar-refractivity contribution in [3.8, 4) is 0 Å². The van der Waals surface area contributed by atoms with E-state index in [9.17, 15) is 13.2 Å². The summed E-state index contributed by atoms with van der Waals surface area (Å²) in [4.78, 5) is 17.1. The lowest BCUT2D eigenvalue weighted by Crippen LogP contribution is -2.27. The predicted molar refractivity (Wildman–Crippen MR) is 82.2 cm³/mol. The molecule has 7 heteroatoms. The second-order valence-corrected chi connectivity index (χ2v) is 7.59. The molecule has 0 unspecified atom stereocenters. The highest BCUT2D eigenvalue weighted by Crippen LogP contribution is 2.27. The molecule has 0 aliphatic rings. The number of sulfone groups is 1. The molecule has 1 amide bonds. The van der Waals surface area contributed by atoms with Crippen molar-refractivity contribution in [1.29, 1.82) is 0 Å². The molecule has 2 rings (SSSR count). The van der Waals surface area contributed by atoms with Crippen molar-refractivity contribution in [2.75, 3.05) is 6.26 Å². The number of hydrogen-bond donors (Lipinski definition) is 1. The summed E-state index contributed by atoms with van der Waals surface area (Å²) >= 11 is 1.34. The van der Waals surface area contributed by atoms with Gasteiger partial charge in [0.15, 0.2) is 9.84 Å². The molecule has 0 radical (unpaired) electrons. The van der Waals surface area contributed by atoms with Gasteiger partial charge in [-0.2, -0.15) is 0 Å². The topological polar surface area (TPSA) is 76.1 Å². The molecule has 0 aromatic carbocycles. The number of thiophene rings is 1. The van der Waals surface area contributed by atoms with Gasteiger partial charge in [-0.15, -0.1) is 11.3 Å². The Labute approximate surface area is 128 Å². The number of pyridine rings is 1. The summed E-state index contributed by atoms with van der Waals surface area (Å²) in [5.41, 5.74) is 0.531. The SMILES string of the molecule is CC[C@H](NC(=O)c1ccncc1)c1cc(S(C)(=O)=O)cs1. The third-order valence-corrected chi connectivity index (χ3v) is 5.31. The third kappa shape index (κ3) is 3.89. The molecular formula is C14H16N2O3S2. The summed E-state index contributed by atoms with van der Waals surface area (Å²) in [6.45, 7) is 1.94. The number of rotatable bonds is 5. The van der Waals surface area contributed by atoms with Gasteiger partial charge in [-0.25, -0.2) is 8.42 Å². The highest BCUT2D eigenvalue weighted by molar-refractivity contribution is 7.90. The molecule has 21 heavy (non-hydrogen) atoms. The third-order valence-electron chi connectivity index (χ3n) is 3.02. The van der Waals surface area contributed by atoms with Gasteiger partial charge >= 0.3 is 0 Å². The Bertz CT molecular complexity index is 724. The van der Waals surface area contributed by atoms with E-state index in [2.05, 4.69) is 10.3 Å². The number of amides is 1. The minimum absolute atomic E-state index is 0.196. The Morgan fingerprint density at radius 2 is 2.05 bits per heavy atom. The van der Waals surface area contributed by atoms with Crippen LogP contribution in [0.2, 0.25) is 0 Å². The van der Waals surface area contributed by atoms with Gasteiger partial charge in [-0.1, -0.05) is 6.92 Å². The second kappa shape index (κ2) is 6.36. The first-order valence-electron chi connectivity index (χ1n) is 6.41. The predicted octanol–water partition coefficient (Wildman–Crippen LogP) is 2.43. The molecule has 1 atom stereocenters. The standard InChI is InChI=1S/C14H16N2O3S2/c1-3-12(13-8-11(9-20-13)21(2,18)19)16-14(17)10-4-6-15-7-5-10/h4-9,12H,3H2,1-2H3,(H,16,17)/t12-/m0/s1. The van der Waals surface area contributed by atoms with E-state index < -0.39 is 9.84 Å². The van der Waals surface area contributed by atoms with E-state index in [0.717, 1.165) is 4.88 Å². The highest BCUT2D eigenvalue weighted by Gasteiger charge is 2.18. The Hall–Kier alpha value is -1.73. The lowest BCUT2D eigenvalue weighted by molar-refractivity contribution is 0.0936. The van der Waals surface area contributed by atoms with Crippen molar-refractivity contribution in [1.82, 2.24) is 10.3 Å². The maximum Gasteiger partial charge on any atom is 0.251 e. The number of carbonyl (C=O) groups excluding carboxylic acids is 1. The summed E-state index contributed by atoms with van der Waals surface area (Å²) in [7, 11) is -3.21. The number of carbonyl (C=O) groups is 1. The maximum absolute atomic E-state index is 12.1. The van der Waals surface area contributed by atoms with Crippen LogP contribution < -0.4 is 5.32 Å². The Balaban J connectivity index is 2.17. The molecule has 2 aromatic rings. The van der Waals surface area contributed by atoms with Crippen LogP contribution in [0, 0.1) is 0 Å². The van der Waals surface area contributed by atoms with Gasteiger partial charge in [0.1, 0.15) is 0 Å². The fourth-order valence-corrected chi connectivity index (χ4v) is 4.00. The van der Waals surface area contributed by atoms with E-state index in [4.69, 9.17) is 0 Å². The molecule has 2 aromatic heterocycles. The molecule has 2 heterocycles. The molecular weight excluding hydrogens is 308 g/mol. The molecule has 5 nitrogen and oxygen atoms in total. The summed E-state index contributed by atoms with van der Waals surface area (Å²) in [5, 5.41) is 4.52. The van der Waals surface area contributed by atoms with Gasteiger partial charge in [0.25, 0.3) is 5.91 Å². The Morgan fingerprint density at radius 1 is 1.38 bits per heavy atom. The van der Waals surface area contributed by atoms with E-state index in [1.54, 1.807) is 36.0 Å². The van der Waals surface area contributed by atoms with Gasteiger partial charge < -0.3 is 5.32 Å². The molecule has 0 saturated heterocycles. The first-order chi connectivity index (χ1) is 9.91. The minimum Gasteiger partial charge on any atom is -0.344 e. The van der Waals surface area contributed by atoms with E-state index in [0.29, 0.717) is 16.9 Å². The fourth-order valence-electron chi connectivity index (χ4n) is 1.83. The lowest BCUT2D eigenvalue weighted by atomic mass is 10.1. The smallest absolute Gasteiger partial charge is 0.251 e. The molecule has 0 aliphatic carbocycles. The minimum atomic E-state index is -3.21. The molecule has 0 fully saturated rings. The zero-order valence-electron chi connectivity index (χ0n) is 11.7. The molecule has 0 saturated carbocycles. The first-order valence-corrected chi connectivity index (χ1v) is 9.18. The summed E-state index contributed by atoms with van der Waals surface area (Å²) in [5.74, 6) is -0.196. The quantitative estimate of drug-likeness (QED) is 0.916. The normalized spacial score (nSPS) is 12.9. The van der Waals surface area contributed by atoms with Crippen LogP contribution >= 0.6 is 11.3 Å². The molecule has 0 bridgehead atoms. The second-order valence-electron chi connectivity index (χ2n) is 4.63. The largest absolute Gasteiger partial charge is 0.344 e. The molecule has 112 valence electrons. The number of aromatic nitrogens is 1. The number of nitrogens with one attached hydrogen (secondary N) is 1. The fraction of sp³-hybridized carbons (Fsp3) is 0.286. The zero-order chi connectivity index (χ0) is 15.5. The summed E-state index contributed by atoms with van der Waals surface area (Å²) < 4.78 is 23.0. The van der Waals surface area contributed by atoms with Gasteiger partial charge in [0.2, 0.25) is 0 Å². The van der Waals surface area contributed by atoms with E-state index in [1.807, 2.05) is 6.92 Å². The van der Waals surface area contributed by atoms with Crippen molar-refractivity contribution in [2.24, 2.45) is 0 Å². The van der Waals surface area contributed by atoms with Crippen LogP contribution in [0.3, 0.4) is 0 Å².